The van der Waals surface area contributed by atoms with E-state index in [0.717, 1.165) is 62.7 Å². The van der Waals surface area contributed by atoms with Gasteiger partial charge in [0.15, 0.2) is 5.11 Å². The minimum Gasteiger partial charge on any atom is -0.489 e. The van der Waals surface area contributed by atoms with Crippen molar-refractivity contribution in [2.24, 2.45) is 5.10 Å². The molecule has 1 aliphatic heterocycles. The van der Waals surface area contributed by atoms with E-state index in [-0.39, 0.29) is 0 Å². The van der Waals surface area contributed by atoms with Crippen LogP contribution >= 0.6 is 12.2 Å². The molecule has 2 N–H and O–H groups in total. The molecule has 1 fully saturated rings. The third-order valence-corrected chi connectivity index (χ3v) is 4.78. The van der Waals surface area contributed by atoms with Crippen LogP contribution in [-0.2, 0) is 11.3 Å². The molecule has 29 heavy (non-hydrogen) atoms. The fourth-order valence-electron chi connectivity index (χ4n) is 2.93. The molecule has 1 aliphatic rings. The van der Waals surface area contributed by atoms with Gasteiger partial charge >= 0.3 is 0 Å². The quantitative estimate of drug-likeness (QED) is 0.286. The Labute approximate surface area is 177 Å². The standard InChI is InChI=1S/C22H28N4O2S/c29-22(23-11-4-12-26-13-15-27-16-14-26)25-24-17-19-7-9-21(10-8-19)28-18-20-5-2-1-3-6-20/h1-3,5-10,17H,4,11-16,18H2,(H2,23,25,29)/b24-17-. The average Bonchev–Trinajstić information content (AvgIpc) is 2.78. The number of hydrogen-bond donors (Lipinski definition) is 2. The molecule has 0 unspecified atom stereocenters. The highest BCUT2D eigenvalue weighted by atomic mass is 32.1. The van der Waals surface area contributed by atoms with Crippen LogP contribution in [-0.4, -0.2) is 55.6 Å². The van der Waals surface area contributed by atoms with Gasteiger partial charge in [-0.15, -0.1) is 0 Å². The summed E-state index contributed by atoms with van der Waals surface area (Å²) in [5, 5.41) is 7.90. The number of hydrazone groups is 1. The zero-order chi connectivity index (χ0) is 20.2. The summed E-state index contributed by atoms with van der Waals surface area (Å²) in [4.78, 5) is 2.41. The molecule has 0 atom stereocenters. The number of benzene rings is 2. The minimum atomic E-state index is 0.533. The number of ether oxygens (including phenoxy) is 2. The Morgan fingerprint density at radius 2 is 1.86 bits per heavy atom. The van der Waals surface area contributed by atoms with Crippen LogP contribution in [0.3, 0.4) is 0 Å². The Morgan fingerprint density at radius 3 is 2.62 bits per heavy atom. The normalized spacial score (nSPS) is 14.6. The SMILES string of the molecule is S=C(NCCCN1CCOCC1)N/N=C\c1ccc(OCc2ccccc2)cc1. The van der Waals surface area contributed by atoms with Crippen LogP contribution in [0.25, 0.3) is 0 Å². The molecule has 1 saturated heterocycles. The number of thiocarbonyl (C=S) groups is 1. The molecule has 0 aliphatic carbocycles. The van der Waals surface area contributed by atoms with Crippen molar-refractivity contribution in [1.82, 2.24) is 15.6 Å². The molecule has 7 heteroatoms. The van der Waals surface area contributed by atoms with Crippen LogP contribution in [0.4, 0.5) is 0 Å². The number of nitrogens with zero attached hydrogens (tertiary/aromatic N) is 2. The third kappa shape index (κ3) is 8.19. The van der Waals surface area contributed by atoms with Crippen molar-refractivity contribution < 1.29 is 9.47 Å². The second-order valence-electron chi connectivity index (χ2n) is 6.78. The molecule has 0 aromatic heterocycles. The smallest absolute Gasteiger partial charge is 0.186 e. The van der Waals surface area contributed by atoms with Gasteiger partial charge in [0, 0.05) is 19.6 Å². The predicted molar refractivity (Wildman–Crippen MR) is 120 cm³/mol. The lowest BCUT2D eigenvalue weighted by molar-refractivity contribution is 0.0376. The summed E-state index contributed by atoms with van der Waals surface area (Å²) in [6.45, 7) is 6.14. The maximum absolute atomic E-state index is 5.79. The zero-order valence-corrected chi connectivity index (χ0v) is 17.4. The van der Waals surface area contributed by atoms with E-state index in [4.69, 9.17) is 21.7 Å². The summed E-state index contributed by atoms with van der Waals surface area (Å²) in [6.07, 6.45) is 2.78. The Hall–Kier alpha value is -2.48. The van der Waals surface area contributed by atoms with Crippen LogP contribution in [0.2, 0.25) is 0 Å². The van der Waals surface area contributed by atoms with E-state index in [1.54, 1.807) is 6.21 Å². The van der Waals surface area contributed by atoms with Crippen molar-refractivity contribution in [2.75, 3.05) is 39.4 Å². The number of nitrogens with one attached hydrogen (secondary N) is 2. The van der Waals surface area contributed by atoms with E-state index in [2.05, 4.69) is 20.7 Å². The number of morpholine rings is 1. The monoisotopic (exact) mass is 412 g/mol. The van der Waals surface area contributed by atoms with Crippen molar-refractivity contribution in [1.29, 1.82) is 0 Å². The summed E-state index contributed by atoms with van der Waals surface area (Å²) in [7, 11) is 0. The van der Waals surface area contributed by atoms with Gasteiger partial charge in [0.1, 0.15) is 12.4 Å². The van der Waals surface area contributed by atoms with Gasteiger partial charge in [0.25, 0.3) is 0 Å². The molecule has 6 nitrogen and oxygen atoms in total. The van der Waals surface area contributed by atoms with E-state index in [1.165, 1.54) is 0 Å². The predicted octanol–water partition coefficient (Wildman–Crippen LogP) is 2.79. The van der Waals surface area contributed by atoms with Crippen molar-refractivity contribution >= 4 is 23.5 Å². The molecule has 0 radical (unpaired) electrons. The Kier molecular flexibility index (Phi) is 8.90. The lowest BCUT2D eigenvalue weighted by Crippen LogP contribution is -2.39. The first-order chi connectivity index (χ1) is 14.3. The molecule has 0 spiro atoms. The topological polar surface area (TPSA) is 58.1 Å². The minimum absolute atomic E-state index is 0.533. The van der Waals surface area contributed by atoms with Crippen molar-refractivity contribution in [3.63, 3.8) is 0 Å². The van der Waals surface area contributed by atoms with Gasteiger partial charge in [-0.05, 0) is 60.6 Å². The second kappa shape index (κ2) is 12.2. The Bertz CT molecular complexity index is 762. The van der Waals surface area contributed by atoms with Gasteiger partial charge in [0.2, 0.25) is 0 Å². The van der Waals surface area contributed by atoms with E-state index in [1.807, 2.05) is 54.6 Å². The number of hydrogen-bond acceptors (Lipinski definition) is 5. The maximum atomic E-state index is 5.79. The lowest BCUT2D eigenvalue weighted by atomic mass is 10.2. The first-order valence-corrected chi connectivity index (χ1v) is 10.3. The third-order valence-electron chi connectivity index (χ3n) is 4.55. The molecule has 3 rings (SSSR count). The first kappa shape index (κ1) is 21.2. The van der Waals surface area contributed by atoms with E-state index in [9.17, 15) is 0 Å². The van der Waals surface area contributed by atoms with E-state index < -0.39 is 0 Å². The van der Waals surface area contributed by atoms with Gasteiger partial charge in [-0.3, -0.25) is 10.3 Å². The lowest BCUT2D eigenvalue weighted by Gasteiger charge is -2.26. The highest BCUT2D eigenvalue weighted by molar-refractivity contribution is 7.80. The van der Waals surface area contributed by atoms with Gasteiger partial charge < -0.3 is 14.8 Å². The van der Waals surface area contributed by atoms with Crippen LogP contribution in [0.1, 0.15) is 17.5 Å². The Balaban J connectivity index is 1.30. The second-order valence-corrected chi connectivity index (χ2v) is 7.19. The van der Waals surface area contributed by atoms with Crippen molar-refractivity contribution in [3.05, 3.63) is 65.7 Å². The molecule has 1 heterocycles. The molecular weight excluding hydrogens is 384 g/mol. The molecule has 0 bridgehead atoms. The number of rotatable bonds is 9. The Morgan fingerprint density at radius 1 is 1.10 bits per heavy atom. The fourth-order valence-corrected chi connectivity index (χ4v) is 3.08. The molecule has 0 amide bonds. The van der Waals surface area contributed by atoms with Crippen molar-refractivity contribution in [3.8, 4) is 5.75 Å². The highest BCUT2D eigenvalue weighted by Gasteiger charge is 2.09. The van der Waals surface area contributed by atoms with E-state index >= 15 is 0 Å². The maximum Gasteiger partial charge on any atom is 0.186 e. The first-order valence-electron chi connectivity index (χ1n) is 9.93. The van der Waals surface area contributed by atoms with Crippen LogP contribution in [0.5, 0.6) is 5.75 Å². The van der Waals surface area contributed by atoms with Crippen LogP contribution < -0.4 is 15.5 Å². The molecule has 2 aromatic rings. The molecule has 154 valence electrons. The fraction of sp³-hybridized carbons (Fsp3) is 0.364. The summed E-state index contributed by atoms with van der Waals surface area (Å²) in [5.74, 6) is 0.830. The van der Waals surface area contributed by atoms with Gasteiger partial charge in [-0.25, -0.2) is 0 Å². The van der Waals surface area contributed by atoms with Crippen molar-refractivity contribution in [2.45, 2.75) is 13.0 Å². The van der Waals surface area contributed by atoms with Gasteiger partial charge in [-0.2, -0.15) is 5.10 Å². The van der Waals surface area contributed by atoms with Crippen LogP contribution in [0.15, 0.2) is 59.7 Å². The molecular formula is C22H28N4O2S. The molecule has 2 aromatic carbocycles. The average molecular weight is 413 g/mol. The summed E-state index contributed by atoms with van der Waals surface area (Å²) in [6, 6.07) is 17.9. The van der Waals surface area contributed by atoms with Crippen LogP contribution in [0, 0.1) is 0 Å². The summed E-state index contributed by atoms with van der Waals surface area (Å²) >= 11 is 5.25. The van der Waals surface area contributed by atoms with E-state index in [0.29, 0.717) is 11.7 Å². The summed E-state index contributed by atoms with van der Waals surface area (Å²) in [5.41, 5.74) is 4.97. The summed E-state index contributed by atoms with van der Waals surface area (Å²) < 4.78 is 11.1. The van der Waals surface area contributed by atoms with Gasteiger partial charge in [0.05, 0.1) is 19.4 Å². The zero-order valence-electron chi connectivity index (χ0n) is 16.5. The largest absolute Gasteiger partial charge is 0.489 e. The molecule has 0 saturated carbocycles. The van der Waals surface area contributed by atoms with Gasteiger partial charge in [-0.1, -0.05) is 30.3 Å². The highest BCUT2D eigenvalue weighted by Crippen LogP contribution is 2.13.